The number of benzene rings is 2. The van der Waals surface area contributed by atoms with Gasteiger partial charge in [0.2, 0.25) is 0 Å². The summed E-state index contributed by atoms with van der Waals surface area (Å²) in [5.41, 5.74) is 7.93. The maximum atomic E-state index is 12.1. The molecule has 2 rings (SSSR count). The van der Waals surface area contributed by atoms with Gasteiger partial charge in [-0.05, 0) is 59.7 Å². The number of thiocarbonyl (C=S) groups is 1. The summed E-state index contributed by atoms with van der Waals surface area (Å²) in [6.45, 7) is 4.72. The fraction of sp³-hybridized carbons (Fsp3) is 0.222. The minimum atomic E-state index is -0.403. The molecule has 0 unspecified atom stereocenters. The zero-order chi connectivity index (χ0) is 18.4. The molecule has 0 aliphatic carbocycles. The van der Waals surface area contributed by atoms with Crippen LogP contribution < -0.4 is 20.5 Å². The lowest BCUT2D eigenvalue weighted by Gasteiger charge is -2.15. The average Bonchev–Trinajstić information content (AvgIpc) is 2.53. The standard InChI is InChI=1S/C18H19BrN2O3S/c1-3-23-15-9-13(17(22)21-18(20)25)8-14(19)16(15)24-10-12-6-4-5-11(2)7-12/h4-9H,3,10H2,1-2H3,(H3,20,21,22,25). The molecule has 2 aromatic carbocycles. The van der Waals surface area contributed by atoms with Gasteiger partial charge >= 0.3 is 0 Å². The molecule has 7 heteroatoms. The van der Waals surface area contributed by atoms with Crippen LogP contribution in [0.3, 0.4) is 0 Å². The van der Waals surface area contributed by atoms with Crippen molar-refractivity contribution in [1.29, 1.82) is 0 Å². The summed E-state index contributed by atoms with van der Waals surface area (Å²) in [5.74, 6) is 0.604. The van der Waals surface area contributed by atoms with Gasteiger partial charge in [-0.2, -0.15) is 0 Å². The number of nitrogens with two attached hydrogens (primary N) is 1. The van der Waals surface area contributed by atoms with Crippen molar-refractivity contribution >= 4 is 39.2 Å². The van der Waals surface area contributed by atoms with Crippen LogP contribution in [0.5, 0.6) is 11.5 Å². The molecule has 25 heavy (non-hydrogen) atoms. The Morgan fingerprint density at radius 3 is 2.68 bits per heavy atom. The van der Waals surface area contributed by atoms with Crippen molar-refractivity contribution in [3.8, 4) is 11.5 Å². The van der Waals surface area contributed by atoms with Crippen LogP contribution in [0.4, 0.5) is 0 Å². The number of rotatable bonds is 6. The Morgan fingerprint density at radius 2 is 2.04 bits per heavy atom. The van der Waals surface area contributed by atoms with Gasteiger partial charge in [0.1, 0.15) is 6.61 Å². The van der Waals surface area contributed by atoms with Gasteiger partial charge in [-0.3, -0.25) is 10.1 Å². The number of halogens is 1. The first kappa shape index (κ1) is 19.2. The molecule has 132 valence electrons. The van der Waals surface area contributed by atoms with Gasteiger partial charge < -0.3 is 15.2 Å². The molecule has 0 atom stereocenters. The van der Waals surface area contributed by atoms with Crippen molar-refractivity contribution in [3.05, 3.63) is 57.6 Å². The summed E-state index contributed by atoms with van der Waals surface area (Å²) in [4.78, 5) is 12.1. The second kappa shape index (κ2) is 8.82. The van der Waals surface area contributed by atoms with Gasteiger partial charge in [-0.1, -0.05) is 29.8 Å². The van der Waals surface area contributed by atoms with E-state index >= 15 is 0 Å². The Balaban J connectivity index is 2.27. The highest BCUT2D eigenvalue weighted by molar-refractivity contribution is 9.10. The predicted octanol–water partition coefficient (Wildman–Crippen LogP) is 3.71. The average molecular weight is 423 g/mol. The van der Waals surface area contributed by atoms with E-state index in [2.05, 4.69) is 27.3 Å². The first-order valence-electron chi connectivity index (χ1n) is 7.66. The highest BCUT2D eigenvalue weighted by Crippen LogP contribution is 2.37. The molecule has 0 spiro atoms. The number of ether oxygens (including phenoxy) is 2. The predicted molar refractivity (Wildman–Crippen MR) is 105 cm³/mol. The van der Waals surface area contributed by atoms with Gasteiger partial charge in [0, 0.05) is 5.56 Å². The van der Waals surface area contributed by atoms with Crippen LogP contribution in [-0.4, -0.2) is 17.6 Å². The smallest absolute Gasteiger partial charge is 0.257 e. The van der Waals surface area contributed by atoms with Crippen molar-refractivity contribution in [2.45, 2.75) is 20.5 Å². The second-order valence-electron chi connectivity index (χ2n) is 5.31. The van der Waals surface area contributed by atoms with E-state index < -0.39 is 5.91 Å². The Kier molecular flexibility index (Phi) is 6.78. The van der Waals surface area contributed by atoms with E-state index in [4.69, 9.17) is 27.4 Å². The maximum absolute atomic E-state index is 12.1. The summed E-state index contributed by atoms with van der Waals surface area (Å²) < 4.78 is 12.2. The number of carbonyl (C=O) groups excluding carboxylic acids is 1. The van der Waals surface area contributed by atoms with Crippen LogP contribution in [0, 0.1) is 6.92 Å². The third kappa shape index (κ3) is 5.44. The second-order valence-corrected chi connectivity index (χ2v) is 6.61. The zero-order valence-electron chi connectivity index (χ0n) is 14.0. The van der Waals surface area contributed by atoms with Gasteiger partial charge in [-0.25, -0.2) is 0 Å². The maximum Gasteiger partial charge on any atom is 0.257 e. The molecule has 0 aromatic heterocycles. The number of nitrogens with one attached hydrogen (secondary N) is 1. The molecule has 0 aliphatic heterocycles. The van der Waals surface area contributed by atoms with Gasteiger partial charge in [0.15, 0.2) is 16.6 Å². The third-order valence-electron chi connectivity index (χ3n) is 3.27. The van der Waals surface area contributed by atoms with E-state index in [1.807, 2.05) is 32.0 Å². The van der Waals surface area contributed by atoms with Gasteiger partial charge in [-0.15, -0.1) is 0 Å². The molecule has 0 aliphatic rings. The summed E-state index contributed by atoms with van der Waals surface area (Å²) in [5, 5.41) is 2.31. The molecular formula is C18H19BrN2O3S. The van der Waals surface area contributed by atoms with E-state index in [0.29, 0.717) is 34.7 Å². The van der Waals surface area contributed by atoms with Gasteiger partial charge in [0.25, 0.3) is 5.91 Å². The molecule has 0 heterocycles. The SMILES string of the molecule is CCOc1cc(C(=O)NC(N)=S)cc(Br)c1OCc1cccc(C)c1. The summed E-state index contributed by atoms with van der Waals surface area (Å²) >= 11 is 8.14. The highest BCUT2D eigenvalue weighted by atomic mass is 79.9. The quantitative estimate of drug-likeness (QED) is 0.694. The Bertz CT molecular complexity index is 796. The Hall–Kier alpha value is -2.12. The molecule has 2 aromatic rings. The lowest BCUT2D eigenvalue weighted by molar-refractivity contribution is 0.0977. The van der Waals surface area contributed by atoms with Crippen molar-refractivity contribution in [1.82, 2.24) is 5.32 Å². The largest absolute Gasteiger partial charge is 0.490 e. The number of aryl methyl sites for hydroxylation is 1. The fourth-order valence-corrected chi connectivity index (χ4v) is 2.89. The number of carbonyl (C=O) groups is 1. The minimum Gasteiger partial charge on any atom is -0.490 e. The minimum absolute atomic E-state index is 0.0844. The molecular weight excluding hydrogens is 404 g/mol. The van der Waals surface area contributed by atoms with Crippen LogP contribution >= 0.6 is 28.1 Å². The van der Waals surface area contributed by atoms with Crippen LogP contribution in [-0.2, 0) is 6.61 Å². The van der Waals surface area contributed by atoms with Crippen LogP contribution in [0.15, 0.2) is 40.9 Å². The van der Waals surface area contributed by atoms with Crippen LogP contribution in [0.25, 0.3) is 0 Å². The molecule has 3 N–H and O–H groups in total. The molecule has 0 saturated heterocycles. The monoisotopic (exact) mass is 422 g/mol. The first-order valence-corrected chi connectivity index (χ1v) is 8.86. The fourth-order valence-electron chi connectivity index (χ4n) is 2.24. The van der Waals surface area contributed by atoms with Crippen LogP contribution in [0.1, 0.15) is 28.4 Å². The molecule has 0 fully saturated rings. The Morgan fingerprint density at radius 1 is 1.28 bits per heavy atom. The van der Waals surface area contributed by atoms with Crippen LogP contribution in [0.2, 0.25) is 0 Å². The van der Waals surface area contributed by atoms with E-state index in [0.717, 1.165) is 11.1 Å². The van der Waals surface area contributed by atoms with E-state index in [1.54, 1.807) is 12.1 Å². The first-order chi connectivity index (χ1) is 11.9. The molecule has 0 bridgehead atoms. The van der Waals surface area contributed by atoms with Crippen molar-refractivity contribution in [3.63, 3.8) is 0 Å². The van der Waals surface area contributed by atoms with E-state index in [9.17, 15) is 4.79 Å². The number of hydrogen-bond acceptors (Lipinski definition) is 4. The number of hydrogen-bond donors (Lipinski definition) is 2. The highest BCUT2D eigenvalue weighted by Gasteiger charge is 2.16. The molecule has 0 radical (unpaired) electrons. The normalized spacial score (nSPS) is 10.2. The molecule has 1 amide bonds. The Labute approximate surface area is 160 Å². The van der Waals surface area contributed by atoms with Gasteiger partial charge in [0.05, 0.1) is 11.1 Å². The number of amides is 1. The van der Waals surface area contributed by atoms with Crippen molar-refractivity contribution in [2.75, 3.05) is 6.61 Å². The molecule has 5 nitrogen and oxygen atoms in total. The third-order valence-corrected chi connectivity index (χ3v) is 3.97. The molecule has 0 saturated carbocycles. The van der Waals surface area contributed by atoms with E-state index in [1.165, 1.54) is 0 Å². The summed E-state index contributed by atoms with van der Waals surface area (Å²) in [6.07, 6.45) is 0. The van der Waals surface area contributed by atoms with Crippen molar-refractivity contribution in [2.24, 2.45) is 5.73 Å². The summed E-state index contributed by atoms with van der Waals surface area (Å²) in [7, 11) is 0. The lowest BCUT2D eigenvalue weighted by Crippen LogP contribution is -2.34. The van der Waals surface area contributed by atoms with E-state index in [-0.39, 0.29) is 5.11 Å². The zero-order valence-corrected chi connectivity index (χ0v) is 16.4. The topological polar surface area (TPSA) is 73.6 Å². The lowest BCUT2D eigenvalue weighted by atomic mass is 10.1. The van der Waals surface area contributed by atoms with Crippen molar-refractivity contribution < 1.29 is 14.3 Å². The summed E-state index contributed by atoms with van der Waals surface area (Å²) in [6, 6.07) is 11.3.